The van der Waals surface area contributed by atoms with Crippen molar-refractivity contribution in [3.05, 3.63) is 83.6 Å². The number of nitrogens with one attached hydrogen (secondary N) is 1. The molecule has 4 nitrogen and oxygen atoms in total. The third-order valence-electron chi connectivity index (χ3n) is 3.94. The minimum atomic E-state index is -0.0877. The number of benzene rings is 2. The van der Waals surface area contributed by atoms with E-state index in [1.165, 1.54) is 0 Å². The van der Waals surface area contributed by atoms with Crippen LogP contribution in [-0.2, 0) is 6.54 Å². The van der Waals surface area contributed by atoms with E-state index in [9.17, 15) is 4.79 Å². The minimum absolute atomic E-state index is 0.0877. The molecule has 0 spiro atoms. The molecule has 4 aromatic rings. The van der Waals surface area contributed by atoms with Gasteiger partial charge in [-0.05, 0) is 29.0 Å². The number of aromatic nitrogens is 2. The van der Waals surface area contributed by atoms with Crippen molar-refractivity contribution in [3.63, 3.8) is 0 Å². The number of pyridine rings is 1. The summed E-state index contributed by atoms with van der Waals surface area (Å²) in [6.07, 6.45) is 3.50. The first-order valence-electron chi connectivity index (χ1n) is 7.92. The third kappa shape index (κ3) is 3.27. The molecule has 1 amide bonds. The van der Waals surface area contributed by atoms with Crippen LogP contribution in [0.3, 0.4) is 0 Å². The molecule has 0 unspecified atom stereocenters. The largest absolute Gasteiger partial charge is 0.346 e. The third-order valence-corrected chi connectivity index (χ3v) is 4.88. The van der Waals surface area contributed by atoms with Crippen LogP contribution in [0.4, 0.5) is 0 Å². The molecule has 5 heteroatoms. The predicted molar refractivity (Wildman–Crippen MR) is 100 cm³/mol. The number of nitrogens with zero attached hydrogens (tertiary/aromatic N) is 2. The number of thiazole rings is 1. The van der Waals surface area contributed by atoms with Crippen LogP contribution in [0.2, 0.25) is 0 Å². The number of hydrogen-bond donors (Lipinski definition) is 1. The molecule has 0 atom stereocenters. The van der Waals surface area contributed by atoms with Crippen LogP contribution < -0.4 is 5.32 Å². The van der Waals surface area contributed by atoms with Crippen LogP contribution in [0.25, 0.3) is 21.3 Å². The average Bonchev–Trinajstić information content (AvgIpc) is 3.15. The SMILES string of the molecule is O=C(NCc1csc(-c2ccncc2)n1)c1cccc2ccccc12. The molecule has 0 saturated heterocycles. The highest BCUT2D eigenvalue weighted by Crippen LogP contribution is 2.23. The Bertz CT molecular complexity index is 1020. The number of carbonyl (C=O) groups excluding carboxylic acids is 1. The number of amides is 1. The molecular formula is C20H15N3OS. The Balaban J connectivity index is 1.50. The van der Waals surface area contributed by atoms with Crippen LogP contribution >= 0.6 is 11.3 Å². The number of rotatable bonds is 4. The van der Waals surface area contributed by atoms with E-state index in [-0.39, 0.29) is 5.91 Å². The van der Waals surface area contributed by atoms with Crippen LogP contribution in [0.5, 0.6) is 0 Å². The summed E-state index contributed by atoms with van der Waals surface area (Å²) < 4.78 is 0. The molecule has 2 aromatic heterocycles. The summed E-state index contributed by atoms with van der Waals surface area (Å²) in [5.41, 5.74) is 2.57. The Labute approximate surface area is 149 Å². The molecule has 0 fully saturated rings. The Kier molecular flexibility index (Phi) is 4.23. The Morgan fingerprint density at radius 1 is 1.00 bits per heavy atom. The van der Waals surface area contributed by atoms with Gasteiger partial charge < -0.3 is 5.32 Å². The zero-order valence-electron chi connectivity index (χ0n) is 13.3. The lowest BCUT2D eigenvalue weighted by atomic mass is 10.0. The van der Waals surface area contributed by atoms with Crippen LogP contribution in [-0.4, -0.2) is 15.9 Å². The van der Waals surface area contributed by atoms with E-state index in [1.807, 2.05) is 60.0 Å². The number of hydrogen-bond acceptors (Lipinski definition) is 4. The van der Waals surface area contributed by atoms with Crippen molar-refractivity contribution in [1.82, 2.24) is 15.3 Å². The maximum absolute atomic E-state index is 12.6. The smallest absolute Gasteiger partial charge is 0.252 e. The highest BCUT2D eigenvalue weighted by molar-refractivity contribution is 7.13. The number of fused-ring (bicyclic) bond motifs is 1. The second-order valence-electron chi connectivity index (χ2n) is 5.59. The van der Waals surface area contributed by atoms with Crippen molar-refractivity contribution in [1.29, 1.82) is 0 Å². The maximum atomic E-state index is 12.6. The Morgan fingerprint density at radius 3 is 2.68 bits per heavy atom. The van der Waals surface area contributed by atoms with Gasteiger partial charge in [0.05, 0.1) is 12.2 Å². The van der Waals surface area contributed by atoms with Crippen molar-refractivity contribution in [2.45, 2.75) is 6.54 Å². The Hall–Kier alpha value is -3.05. The van der Waals surface area contributed by atoms with Gasteiger partial charge in [0, 0.05) is 28.9 Å². The van der Waals surface area contributed by atoms with Crippen molar-refractivity contribution < 1.29 is 4.79 Å². The summed E-state index contributed by atoms with van der Waals surface area (Å²) in [4.78, 5) is 21.2. The molecule has 1 N–H and O–H groups in total. The monoisotopic (exact) mass is 345 g/mol. The number of carbonyl (C=O) groups is 1. The van der Waals surface area contributed by atoms with E-state index in [0.717, 1.165) is 27.0 Å². The fourth-order valence-electron chi connectivity index (χ4n) is 2.70. The van der Waals surface area contributed by atoms with Gasteiger partial charge in [-0.15, -0.1) is 11.3 Å². The second kappa shape index (κ2) is 6.83. The van der Waals surface area contributed by atoms with Gasteiger partial charge in [-0.25, -0.2) is 4.98 Å². The van der Waals surface area contributed by atoms with Gasteiger partial charge in [0.1, 0.15) is 5.01 Å². The molecule has 4 rings (SSSR count). The fraction of sp³-hybridized carbons (Fsp3) is 0.0500. The molecule has 0 aliphatic heterocycles. The molecule has 0 bridgehead atoms. The Morgan fingerprint density at radius 2 is 1.80 bits per heavy atom. The lowest BCUT2D eigenvalue weighted by Crippen LogP contribution is -2.23. The molecular weight excluding hydrogens is 330 g/mol. The predicted octanol–water partition coefficient (Wildman–Crippen LogP) is 4.29. The molecule has 0 aliphatic carbocycles. The van der Waals surface area contributed by atoms with E-state index >= 15 is 0 Å². The van der Waals surface area contributed by atoms with Crippen LogP contribution in [0, 0.1) is 0 Å². The van der Waals surface area contributed by atoms with E-state index in [2.05, 4.69) is 15.3 Å². The van der Waals surface area contributed by atoms with E-state index in [0.29, 0.717) is 12.1 Å². The average molecular weight is 345 g/mol. The molecule has 122 valence electrons. The summed E-state index contributed by atoms with van der Waals surface area (Å²) >= 11 is 1.56. The molecule has 0 radical (unpaired) electrons. The van der Waals surface area contributed by atoms with Gasteiger partial charge >= 0.3 is 0 Å². The zero-order chi connectivity index (χ0) is 17.1. The van der Waals surface area contributed by atoms with Gasteiger partial charge in [0.25, 0.3) is 5.91 Å². The van der Waals surface area contributed by atoms with Crippen LogP contribution in [0.1, 0.15) is 16.1 Å². The van der Waals surface area contributed by atoms with Crippen molar-refractivity contribution in [2.24, 2.45) is 0 Å². The van der Waals surface area contributed by atoms with Crippen molar-refractivity contribution in [3.8, 4) is 10.6 Å². The van der Waals surface area contributed by atoms with Crippen molar-refractivity contribution in [2.75, 3.05) is 0 Å². The van der Waals surface area contributed by atoms with Gasteiger partial charge in [0.15, 0.2) is 0 Å². The standard InChI is InChI=1S/C20H15N3OS/c24-19(18-7-3-5-14-4-1-2-6-17(14)18)22-12-16-13-25-20(23-16)15-8-10-21-11-9-15/h1-11,13H,12H2,(H,22,24). The molecule has 25 heavy (non-hydrogen) atoms. The lowest BCUT2D eigenvalue weighted by molar-refractivity contribution is 0.0952. The van der Waals surface area contributed by atoms with Crippen molar-refractivity contribution >= 4 is 28.0 Å². The second-order valence-corrected chi connectivity index (χ2v) is 6.45. The summed E-state index contributed by atoms with van der Waals surface area (Å²) in [6, 6.07) is 17.5. The first-order chi connectivity index (χ1) is 12.3. The summed E-state index contributed by atoms with van der Waals surface area (Å²) in [6.45, 7) is 0.406. The molecule has 2 aromatic carbocycles. The quantitative estimate of drug-likeness (QED) is 0.600. The summed E-state index contributed by atoms with van der Waals surface area (Å²) in [5.74, 6) is -0.0877. The highest BCUT2D eigenvalue weighted by Gasteiger charge is 2.10. The van der Waals surface area contributed by atoms with E-state index in [4.69, 9.17) is 0 Å². The first-order valence-corrected chi connectivity index (χ1v) is 8.80. The highest BCUT2D eigenvalue weighted by atomic mass is 32.1. The maximum Gasteiger partial charge on any atom is 0.252 e. The topological polar surface area (TPSA) is 54.9 Å². The molecule has 0 saturated carbocycles. The molecule has 2 heterocycles. The van der Waals surface area contributed by atoms with Gasteiger partial charge in [-0.3, -0.25) is 9.78 Å². The van der Waals surface area contributed by atoms with Gasteiger partial charge in [0.2, 0.25) is 0 Å². The zero-order valence-corrected chi connectivity index (χ0v) is 14.2. The van der Waals surface area contributed by atoms with Crippen LogP contribution in [0.15, 0.2) is 72.4 Å². The van der Waals surface area contributed by atoms with E-state index < -0.39 is 0 Å². The normalized spacial score (nSPS) is 10.7. The first kappa shape index (κ1) is 15.5. The summed E-state index contributed by atoms with van der Waals surface area (Å²) in [5, 5.41) is 7.88. The van der Waals surface area contributed by atoms with E-state index in [1.54, 1.807) is 23.7 Å². The fourth-order valence-corrected chi connectivity index (χ4v) is 3.53. The van der Waals surface area contributed by atoms with Gasteiger partial charge in [-0.2, -0.15) is 0 Å². The molecule has 0 aliphatic rings. The van der Waals surface area contributed by atoms with Gasteiger partial charge in [-0.1, -0.05) is 36.4 Å². The lowest BCUT2D eigenvalue weighted by Gasteiger charge is -2.07. The minimum Gasteiger partial charge on any atom is -0.346 e. The summed E-state index contributed by atoms with van der Waals surface area (Å²) in [7, 11) is 0.